The number of benzene rings is 1. The van der Waals surface area contributed by atoms with Crippen molar-refractivity contribution in [3.63, 3.8) is 0 Å². The van der Waals surface area contributed by atoms with Crippen molar-refractivity contribution < 1.29 is 5.11 Å². The Morgan fingerprint density at radius 3 is 2.60 bits per heavy atom. The van der Waals surface area contributed by atoms with Crippen molar-refractivity contribution in [3.8, 4) is 5.69 Å². The molecule has 8 heteroatoms. The number of β-amino-alcohol motifs (C(OH)–C–C–N with tert-alkyl or cyclic N) is 1. The number of aromatic amines is 1. The van der Waals surface area contributed by atoms with Gasteiger partial charge in [-0.25, -0.2) is 14.5 Å². The van der Waals surface area contributed by atoms with Crippen LogP contribution in [0, 0.1) is 0 Å². The Morgan fingerprint density at radius 2 is 2.00 bits per heavy atom. The maximum Gasteiger partial charge on any atom is 0.347 e. The average molecular weight is 315 g/mol. The van der Waals surface area contributed by atoms with E-state index in [-0.39, 0.29) is 11.7 Å². The molecule has 2 atom stereocenters. The summed E-state index contributed by atoms with van der Waals surface area (Å²) in [6.07, 6.45) is 0.0571. The maximum absolute atomic E-state index is 12.0. The van der Waals surface area contributed by atoms with Crippen LogP contribution in [-0.4, -0.2) is 32.5 Å². The number of aliphatic hydroxyl groups is 1. The third-order valence-electron chi connectivity index (χ3n) is 3.22. The summed E-state index contributed by atoms with van der Waals surface area (Å²) in [5.41, 5.74) is 0.168. The monoisotopic (exact) mass is 314 g/mol. The second-order valence-electron chi connectivity index (χ2n) is 4.70. The highest BCUT2D eigenvalue weighted by Gasteiger charge is 2.28. The van der Waals surface area contributed by atoms with Gasteiger partial charge in [-0.15, -0.1) is 0 Å². The summed E-state index contributed by atoms with van der Waals surface area (Å²) in [5, 5.41) is 20.0. The molecule has 3 N–H and O–H groups in total. The molecule has 1 aromatic carbocycles. The molecule has 0 spiro atoms. The van der Waals surface area contributed by atoms with E-state index in [1.807, 2.05) is 0 Å². The minimum Gasteiger partial charge on any atom is -0.392 e. The first-order valence-electron chi connectivity index (χ1n) is 6.10. The van der Waals surface area contributed by atoms with Crippen molar-refractivity contribution in [2.75, 3.05) is 6.54 Å². The molecule has 0 unspecified atom stereocenters. The van der Waals surface area contributed by atoms with Crippen LogP contribution in [0.15, 0.2) is 23.0 Å². The van der Waals surface area contributed by atoms with Crippen molar-refractivity contribution in [1.29, 1.82) is 0 Å². The number of nitrogens with one attached hydrogen (secondary N) is 2. The molecule has 106 valence electrons. The van der Waals surface area contributed by atoms with Crippen LogP contribution in [-0.2, 0) is 0 Å². The number of aromatic nitrogens is 3. The summed E-state index contributed by atoms with van der Waals surface area (Å²) >= 11 is 11.9. The zero-order chi connectivity index (χ0) is 14.3. The van der Waals surface area contributed by atoms with Crippen molar-refractivity contribution in [2.45, 2.75) is 18.6 Å². The maximum atomic E-state index is 12.0. The molecule has 6 nitrogen and oxygen atoms in total. The third kappa shape index (κ3) is 2.47. The van der Waals surface area contributed by atoms with E-state index in [4.69, 9.17) is 23.2 Å². The van der Waals surface area contributed by atoms with Crippen LogP contribution in [0.2, 0.25) is 10.0 Å². The number of hydrogen-bond acceptors (Lipinski definition) is 4. The molecule has 20 heavy (non-hydrogen) atoms. The van der Waals surface area contributed by atoms with Gasteiger partial charge in [-0.05, 0) is 24.6 Å². The lowest BCUT2D eigenvalue weighted by Gasteiger charge is -2.12. The summed E-state index contributed by atoms with van der Waals surface area (Å²) in [5.74, 6) is 0.505. The number of halogens is 2. The summed E-state index contributed by atoms with van der Waals surface area (Å²) in [6.45, 7) is 0.474. The van der Waals surface area contributed by atoms with E-state index in [0.717, 1.165) is 0 Å². The van der Waals surface area contributed by atoms with Crippen LogP contribution >= 0.6 is 23.2 Å². The van der Waals surface area contributed by atoms with Gasteiger partial charge in [0.1, 0.15) is 0 Å². The Balaban J connectivity index is 2.09. The van der Waals surface area contributed by atoms with Gasteiger partial charge in [0, 0.05) is 16.6 Å². The quantitative estimate of drug-likeness (QED) is 0.779. The molecule has 1 fully saturated rings. The van der Waals surface area contributed by atoms with Crippen molar-refractivity contribution in [3.05, 3.63) is 44.6 Å². The highest BCUT2D eigenvalue weighted by molar-refractivity contribution is 6.34. The fraction of sp³-hybridized carbons (Fsp3) is 0.333. The number of nitrogens with zero attached hydrogens (tertiary/aromatic N) is 2. The molecule has 0 radical (unpaired) electrons. The third-order valence-corrected chi connectivity index (χ3v) is 3.66. The lowest BCUT2D eigenvalue weighted by atomic mass is 10.2. The summed E-state index contributed by atoms with van der Waals surface area (Å²) in [6, 6.07) is 4.68. The smallest absolute Gasteiger partial charge is 0.347 e. The van der Waals surface area contributed by atoms with Gasteiger partial charge >= 0.3 is 5.69 Å². The van der Waals surface area contributed by atoms with Gasteiger partial charge in [0.15, 0.2) is 5.82 Å². The first-order chi connectivity index (χ1) is 9.54. The number of aliphatic hydroxyl groups excluding tert-OH is 1. The predicted octanol–water partition coefficient (Wildman–Crippen LogP) is 1.26. The Bertz CT molecular complexity index is 677. The summed E-state index contributed by atoms with van der Waals surface area (Å²) in [7, 11) is 0. The predicted molar refractivity (Wildman–Crippen MR) is 75.6 cm³/mol. The van der Waals surface area contributed by atoms with Gasteiger partial charge in [-0.1, -0.05) is 23.2 Å². The second-order valence-corrected chi connectivity index (χ2v) is 5.57. The van der Waals surface area contributed by atoms with E-state index in [1.54, 1.807) is 18.2 Å². The fourth-order valence-corrected chi connectivity index (χ4v) is 2.89. The number of rotatable bonds is 2. The molecule has 3 rings (SSSR count). The molecule has 1 aromatic heterocycles. The van der Waals surface area contributed by atoms with Crippen LogP contribution in [0.3, 0.4) is 0 Å². The highest BCUT2D eigenvalue weighted by Crippen LogP contribution is 2.25. The van der Waals surface area contributed by atoms with Gasteiger partial charge in [0.25, 0.3) is 0 Å². The van der Waals surface area contributed by atoms with E-state index in [1.165, 1.54) is 4.57 Å². The normalized spacial score (nSPS) is 22.4. The number of H-pyrrole nitrogens is 1. The largest absolute Gasteiger partial charge is 0.392 e. The molecular weight excluding hydrogens is 303 g/mol. The molecule has 2 heterocycles. The minimum absolute atomic E-state index is 0.193. The Hall–Kier alpha value is -1.34. The zero-order valence-corrected chi connectivity index (χ0v) is 11.8. The Morgan fingerprint density at radius 1 is 1.30 bits per heavy atom. The van der Waals surface area contributed by atoms with Crippen molar-refractivity contribution >= 4 is 23.2 Å². The summed E-state index contributed by atoms with van der Waals surface area (Å²) in [4.78, 5) is 12.0. The second kappa shape index (κ2) is 5.21. The van der Waals surface area contributed by atoms with E-state index < -0.39 is 6.10 Å². The molecule has 0 amide bonds. The van der Waals surface area contributed by atoms with Gasteiger partial charge in [0.05, 0.1) is 17.8 Å². The topological polar surface area (TPSA) is 82.9 Å². The average Bonchev–Trinajstić information content (AvgIpc) is 2.94. The van der Waals surface area contributed by atoms with Crippen LogP contribution in [0.1, 0.15) is 18.3 Å². The lowest BCUT2D eigenvalue weighted by Crippen LogP contribution is -2.22. The molecule has 0 bridgehead atoms. The Labute approximate surface area is 124 Å². The zero-order valence-electron chi connectivity index (χ0n) is 10.3. The van der Waals surface area contributed by atoms with E-state index in [0.29, 0.717) is 34.5 Å². The molecule has 1 aliphatic rings. The molecular formula is C12H12Cl2N4O2. The lowest BCUT2D eigenvalue weighted by molar-refractivity contribution is 0.193. The van der Waals surface area contributed by atoms with Crippen molar-refractivity contribution in [2.24, 2.45) is 0 Å². The van der Waals surface area contributed by atoms with E-state index in [2.05, 4.69) is 15.5 Å². The molecule has 0 saturated carbocycles. The summed E-state index contributed by atoms with van der Waals surface area (Å²) < 4.78 is 1.41. The van der Waals surface area contributed by atoms with Gasteiger partial charge in [0.2, 0.25) is 0 Å². The van der Waals surface area contributed by atoms with Gasteiger partial charge in [-0.2, -0.15) is 5.10 Å². The van der Waals surface area contributed by atoms with Gasteiger partial charge < -0.3 is 10.4 Å². The fourth-order valence-electron chi connectivity index (χ4n) is 2.37. The van der Waals surface area contributed by atoms with Crippen LogP contribution in [0.5, 0.6) is 0 Å². The van der Waals surface area contributed by atoms with Crippen LogP contribution in [0.4, 0.5) is 0 Å². The highest BCUT2D eigenvalue weighted by atomic mass is 35.5. The van der Waals surface area contributed by atoms with E-state index in [9.17, 15) is 9.90 Å². The van der Waals surface area contributed by atoms with Crippen LogP contribution < -0.4 is 11.0 Å². The standard InChI is InChI=1S/C12H12Cl2N4O2/c13-6-1-7(14)3-8(2-6)18-11(16-17-12(18)20)10-4-9(19)5-15-10/h1-3,9-10,15,19H,4-5H2,(H,17,20)/t9-,10+/m1/s1. The Kier molecular flexibility index (Phi) is 3.55. The molecule has 1 saturated heterocycles. The number of hydrogen-bond donors (Lipinski definition) is 3. The van der Waals surface area contributed by atoms with E-state index >= 15 is 0 Å². The van der Waals surface area contributed by atoms with Gasteiger partial charge in [-0.3, -0.25) is 0 Å². The van der Waals surface area contributed by atoms with Crippen LogP contribution in [0.25, 0.3) is 5.69 Å². The SMILES string of the molecule is O=c1[nH]nc([C@@H]2C[C@@H](O)CN2)n1-c1cc(Cl)cc(Cl)c1. The molecule has 0 aliphatic carbocycles. The first-order valence-corrected chi connectivity index (χ1v) is 6.85. The molecule has 2 aromatic rings. The molecule has 1 aliphatic heterocycles. The van der Waals surface area contributed by atoms with Crippen molar-refractivity contribution in [1.82, 2.24) is 20.1 Å². The first kappa shape index (κ1) is 13.6. The minimum atomic E-state index is -0.441.